The third kappa shape index (κ3) is 2.50. The predicted molar refractivity (Wildman–Crippen MR) is 70.7 cm³/mol. The van der Waals surface area contributed by atoms with E-state index in [0.717, 1.165) is 4.90 Å². The smallest absolute Gasteiger partial charge is 0.268 e. The summed E-state index contributed by atoms with van der Waals surface area (Å²) in [5.41, 5.74) is 0.270. The SMILES string of the molecule is CN(C(=O)c1cc(S)cs1)c1ccccc1F. The van der Waals surface area contributed by atoms with Crippen molar-refractivity contribution in [2.45, 2.75) is 4.90 Å². The van der Waals surface area contributed by atoms with Gasteiger partial charge in [0.25, 0.3) is 5.91 Å². The number of benzene rings is 1. The fraction of sp³-hybridized carbons (Fsp3) is 0.0833. The van der Waals surface area contributed by atoms with Gasteiger partial charge in [0.1, 0.15) is 5.82 Å². The summed E-state index contributed by atoms with van der Waals surface area (Å²) in [4.78, 5) is 14.6. The number of thiol groups is 1. The first-order chi connectivity index (χ1) is 8.09. The molecular formula is C12H10FNOS2. The van der Waals surface area contributed by atoms with Crippen LogP contribution in [0.3, 0.4) is 0 Å². The summed E-state index contributed by atoms with van der Waals surface area (Å²) < 4.78 is 13.5. The highest BCUT2D eigenvalue weighted by molar-refractivity contribution is 7.80. The molecule has 0 atom stereocenters. The van der Waals surface area contributed by atoms with Crippen molar-refractivity contribution >= 4 is 35.6 Å². The van der Waals surface area contributed by atoms with Crippen molar-refractivity contribution in [3.05, 3.63) is 46.4 Å². The lowest BCUT2D eigenvalue weighted by Gasteiger charge is -2.16. The third-order valence-corrected chi connectivity index (χ3v) is 3.67. The molecule has 5 heteroatoms. The van der Waals surface area contributed by atoms with Gasteiger partial charge >= 0.3 is 0 Å². The van der Waals surface area contributed by atoms with E-state index >= 15 is 0 Å². The zero-order chi connectivity index (χ0) is 12.4. The van der Waals surface area contributed by atoms with Crippen LogP contribution < -0.4 is 4.90 Å². The zero-order valence-corrected chi connectivity index (χ0v) is 10.8. The van der Waals surface area contributed by atoms with Crippen LogP contribution in [0.15, 0.2) is 40.6 Å². The highest BCUT2D eigenvalue weighted by atomic mass is 32.1. The Morgan fingerprint density at radius 3 is 2.71 bits per heavy atom. The maximum absolute atomic E-state index is 13.5. The molecule has 2 nitrogen and oxygen atoms in total. The Balaban J connectivity index is 2.29. The van der Waals surface area contributed by atoms with E-state index in [9.17, 15) is 9.18 Å². The molecule has 2 aromatic rings. The number of rotatable bonds is 2. The number of nitrogens with zero attached hydrogens (tertiary/aromatic N) is 1. The van der Waals surface area contributed by atoms with Crippen LogP contribution in [0.4, 0.5) is 10.1 Å². The van der Waals surface area contributed by atoms with Crippen LogP contribution in [0, 0.1) is 5.82 Å². The number of carbonyl (C=O) groups excluding carboxylic acids is 1. The van der Waals surface area contributed by atoms with E-state index in [2.05, 4.69) is 12.6 Å². The van der Waals surface area contributed by atoms with Crippen LogP contribution in [0.5, 0.6) is 0 Å². The topological polar surface area (TPSA) is 20.3 Å². The third-order valence-electron chi connectivity index (χ3n) is 2.31. The molecule has 1 aromatic carbocycles. The molecule has 0 aliphatic rings. The summed E-state index contributed by atoms with van der Waals surface area (Å²) in [6.45, 7) is 0. The molecule has 88 valence electrons. The number of thiophene rings is 1. The Morgan fingerprint density at radius 2 is 2.12 bits per heavy atom. The number of para-hydroxylation sites is 1. The second kappa shape index (κ2) is 4.89. The van der Waals surface area contributed by atoms with Gasteiger partial charge in [-0.25, -0.2) is 4.39 Å². The number of anilines is 1. The van der Waals surface area contributed by atoms with Crippen LogP contribution in [0.25, 0.3) is 0 Å². The number of carbonyl (C=O) groups is 1. The molecule has 0 saturated heterocycles. The van der Waals surface area contributed by atoms with Gasteiger partial charge in [-0.2, -0.15) is 0 Å². The molecule has 2 rings (SSSR count). The van der Waals surface area contributed by atoms with E-state index in [-0.39, 0.29) is 11.6 Å². The van der Waals surface area contributed by atoms with E-state index in [1.807, 2.05) is 0 Å². The van der Waals surface area contributed by atoms with Crippen molar-refractivity contribution in [1.29, 1.82) is 0 Å². The molecule has 0 bridgehead atoms. The van der Waals surface area contributed by atoms with E-state index in [1.54, 1.807) is 36.7 Å². The van der Waals surface area contributed by atoms with E-state index in [1.165, 1.54) is 22.3 Å². The fourth-order valence-corrected chi connectivity index (χ4v) is 2.56. The molecule has 1 aromatic heterocycles. The minimum absolute atomic E-state index is 0.236. The van der Waals surface area contributed by atoms with Gasteiger partial charge in [-0.1, -0.05) is 12.1 Å². The van der Waals surface area contributed by atoms with Gasteiger partial charge in [-0.15, -0.1) is 24.0 Å². The summed E-state index contributed by atoms with van der Waals surface area (Å²) in [6.07, 6.45) is 0. The Hall–Kier alpha value is -1.33. The average Bonchev–Trinajstić information content (AvgIpc) is 2.75. The Kier molecular flexibility index (Phi) is 3.49. The number of amides is 1. The molecule has 0 saturated carbocycles. The van der Waals surface area contributed by atoms with Crippen molar-refractivity contribution < 1.29 is 9.18 Å². The lowest BCUT2D eigenvalue weighted by atomic mass is 10.2. The number of halogens is 1. The minimum atomic E-state index is -0.411. The first-order valence-electron chi connectivity index (χ1n) is 4.89. The summed E-state index contributed by atoms with van der Waals surface area (Å²) in [5.74, 6) is -0.647. The molecular weight excluding hydrogens is 257 g/mol. The van der Waals surface area contributed by atoms with Crippen molar-refractivity contribution in [3.63, 3.8) is 0 Å². The quantitative estimate of drug-likeness (QED) is 0.826. The normalized spacial score (nSPS) is 10.3. The van der Waals surface area contributed by atoms with Crippen LogP contribution in [-0.2, 0) is 0 Å². The van der Waals surface area contributed by atoms with Gasteiger partial charge in [0, 0.05) is 17.3 Å². The van der Waals surface area contributed by atoms with Gasteiger partial charge in [0.2, 0.25) is 0 Å². The maximum atomic E-state index is 13.5. The van der Waals surface area contributed by atoms with Crippen LogP contribution >= 0.6 is 24.0 Å². The van der Waals surface area contributed by atoms with Gasteiger partial charge < -0.3 is 4.90 Å². The van der Waals surface area contributed by atoms with Crippen molar-refractivity contribution in [2.75, 3.05) is 11.9 Å². The highest BCUT2D eigenvalue weighted by Crippen LogP contribution is 2.23. The average molecular weight is 267 g/mol. The molecule has 0 fully saturated rings. The van der Waals surface area contributed by atoms with Crippen LogP contribution in [-0.4, -0.2) is 13.0 Å². The Morgan fingerprint density at radius 1 is 1.41 bits per heavy atom. The van der Waals surface area contributed by atoms with Crippen LogP contribution in [0.2, 0.25) is 0 Å². The molecule has 1 heterocycles. The molecule has 0 N–H and O–H groups in total. The van der Waals surface area contributed by atoms with Crippen molar-refractivity contribution in [2.24, 2.45) is 0 Å². The highest BCUT2D eigenvalue weighted by Gasteiger charge is 2.17. The van der Waals surface area contributed by atoms with Gasteiger partial charge in [0.05, 0.1) is 10.6 Å². The number of hydrogen-bond acceptors (Lipinski definition) is 3. The zero-order valence-electron chi connectivity index (χ0n) is 9.05. The Labute approximate surface area is 108 Å². The molecule has 1 amide bonds. The monoisotopic (exact) mass is 267 g/mol. The van der Waals surface area contributed by atoms with Gasteiger partial charge in [-0.05, 0) is 18.2 Å². The first-order valence-corrected chi connectivity index (χ1v) is 6.22. The lowest BCUT2D eigenvalue weighted by molar-refractivity contribution is 0.0996. The van der Waals surface area contributed by atoms with Crippen molar-refractivity contribution in [1.82, 2.24) is 0 Å². The van der Waals surface area contributed by atoms with E-state index in [0.29, 0.717) is 4.88 Å². The number of hydrogen-bond donors (Lipinski definition) is 1. The van der Waals surface area contributed by atoms with Gasteiger partial charge in [0.15, 0.2) is 0 Å². The molecule has 0 aliphatic heterocycles. The maximum Gasteiger partial charge on any atom is 0.268 e. The second-order valence-corrected chi connectivity index (χ2v) is 4.91. The largest absolute Gasteiger partial charge is 0.308 e. The lowest BCUT2D eigenvalue weighted by Crippen LogP contribution is -2.26. The molecule has 0 unspecified atom stereocenters. The summed E-state index contributed by atoms with van der Waals surface area (Å²) in [6, 6.07) is 7.86. The van der Waals surface area contributed by atoms with Crippen LogP contribution in [0.1, 0.15) is 9.67 Å². The summed E-state index contributed by atoms with van der Waals surface area (Å²) in [5, 5.41) is 1.77. The van der Waals surface area contributed by atoms with E-state index < -0.39 is 5.82 Å². The summed E-state index contributed by atoms with van der Waals surface area (Å²) >= 11 is 5.44. The summed E-state index contributed by atoms with van der Waals surface area (Å²) in [7, 11) is 1.55. The molecule has 0 aliphatic carbocycles. The second-order valence-electron chi connectivity index (χ2n) is 3.48. The molecule has 0 radical (unpaired) electrons. The first kappa shape index (κ1) is 12.1. The van der Waals surface area contributed by atoms with Crippen molar-refractivity contribution in [3.8, 4) is 0 Å². The standard InChI is InChI=1S/C12H10FNOS2/c1-14(10-5-3-2-4-9(10)13)12(15)11-6-8(16)7-17-11/h2-7,16H,1H3. The molecule has 0 spiro atoms. The minimum Gasteiger partial charge on any atom is -0.308 e. The fourth-order valence-electron chi connectivity index (χ4n) is 1.44. The van der Waals surface area contributed by atoms with E-state index in [4.69, 9.17) is 0 Å². The molecule has 17 heavy (non-hydrogen) atoms. The Bertz CT molecular complexity index is 553. The predicted octanol–water partition coefficient (Wildman–Crippen LogP) is 3.45. The van der Waals surface area contributed by atoms with Gasteiger partial charge in [-0.3, -0.25) is 4.79 Å².